The van der Waals surface area contributed by atoms with Gasteiger partial charge in [-0.05, 0) is 32.2 Å². The van der Waals surface area contributed by atoms with Crippen LogP contribution in [0.2, 0.25) is 0 Å². The van der Waals surface area contributed by atoms with Gasteiger partial charge in [0.15, 0.2) is 0 Å². The second kappa shape index (κ2) is 7.72. The first-order valence-corrected chi connectivity index (χ1v) is 8.35. The minimum absolute atomic E-state index is 0.0924. The summed E-state index contributed by atoms with van der Waals surface area (Å²) in [5, 5.41) is 11.4. The maximum absolute atomic E-state index is 11.6. The number of nitrogens with one attached hydrogen (secondary N) is 1. The summed E-state index contributed by atoms with van der Waals surface area (Å²) in [6.45, 7) is 10.1. The van der Waals surface area contributed by atoms with E-state index in [4.69, 9.17) is 4.42 Å². The van der Waals surface area contributed by atoms with Gasteiger partial charge in [-0.15, -0.1) is 10.2 Å². The van der Waals surface area contributed by atoms with Gasteiger partial charge >= 0.3 is 0 Å². The lowest BCUT2D eigenvalue weighted by molar-refractivity contribution is -0.121. The number of aromatic nitrogens is 2. The Morgan fingerprint density at radius 1 is 1.41 bits per heavy atom. The van der Waals surface area contributed by atoms with Crippen LogP contribution in [-0.4, -0.2) is 40.1 Å². The van der Waals surface area contributed by atoms with Crippen molar-refractivity contribution in [3.63, 3.8) is 0 Å². The molecular weight excluding hydrogens is 280 g/mol. The standard InChI is InChI=1S/C16H28N4O2/c1-5-14(21)17-13-7-6-8-20(10-13)12(4)16-19-18-15(22-16)9-11(2)3/h11-13H,5-10H2,1-4H3,(H,17,21). The highest BCUT2D eigenvalue weighted by atomic mass is 16.4. The van der Waals surface area contributed by atoms with Crippen molar-refractivity contribution in [2.45, 2.75) is 65.5 Å². The molecule has 22 heavy (non-hydrogen) atoms. The third kappa shape index (κ3) is 4.53. The summed E-state index contributed by atoms with van der Waals surface area (Å²) in [6, 6.07) is 0.316. The molecule has 1 aromatic heterocycles. The van der Waals surface area contributed by atoms with Crippen molar-refractivity contribution in [3.05, 3.63) is 11.8 Å². The Labute approximate surface area is 132 Å². The van der Waals surface area contributed by atoms with E-state index in [1.807, 2.05) is 6.92 Å². The van der Waals surface area contributed by atoms with Crippen LogP contribution in [0.25, 0.3) is 0 Å². The van der Waals surface area contributed by atoms with E-state index in [1.54, 1.807) is 0 Å². The molecular formula is C16H28N4O2. The largest absolute Gasteiger partial charge is 0.424 e. The van der Waals surface area contributed by atoms with Crippen LogP contribution in [0.4, 0.5) is 0 Å². The molecule has 0 radical (unpaired) electrons. The second-order valence-corrected chi connectivity index (χ2v) is 6.56. The van der Waals surface area contributed by atoms with Crippen molar-refractivity contribution < 1.29 is 9.21 Å². The molecule has 1 fully saturated rings. The molecule has 1 N–H and O–H groups in total. The molecule has 2 rings (SSSR count). The highest BCUT2D eigenvalue weighted by Gasteiger charge is 2.28. The third-order valence-electron chi connectivity index (χ3n) is 4.11. The van der Waals surface area contributed by atoms with E-state index in [0.29, 0.717) is 24.1 Å². The maximum atomic E-state index is 11.6. The van der Waals surface area contributed by atoms with E-state index in [0.717, 1.165) is 32.4 Å². The molecule has 0 bridgehead atoms. The van der Waals surface area contributed by atoms with Gasteiger partial charge in [-0.1, -0.05) is 20.8 Å². The lowest BCUT2D eigenvalue weighted by atomic mass is 10.0. The van der Waals surface area contributed by atoms with E-state index in [9.17, 15) is 4.79 Å². The molecule has 1 aliphatic rings. The summed E-state index contributed by atoms with van der Waals surface area (Å²) in [5.74, 6) is 2.02. The van der Waals surface area contributed by atoms with Gasteiger partial charge in [0, 0.05) is 25.4 Å². The number of likely N-dealkylation sites (tertiary alicyclic amines) is 1. The fourth-order valence-electron chi connectivity index (χ4n) is 2.83. The molecule has 0 saturated carbocycles. The van der Waals surface area contributed by atoms with Gasteiger partial charge in [0.2, 0.25) is 17.7 Å². The van der Waals surface area contributed by atoms with Crippen molar-refractivity contribution in [2.75, 3.05) is 13.1 Å². The summed E-state index contributed by atoms with van der Waals surface area (Å²) in [5.41, 5.74) is 0. The molecule has 6 heteroatoms. The summed E-state index contributed by atoms with van der Waals surface area (Å²) in [4.78, 5) is 13.9. The lowest BCUT2D eigenvalue weighted by Gasteiger charge is -2.35. The Morgan fingerprint density at radius 3 is 2.86 bits per heavy atom. The quantitative estimate of drug-likeness (QED) is 0.873. The van der Waals surface area contributed by atoms with E-state index < -0.39 is 0 Å². The fourth-order valence-corrected chi connectivity index (χ4v) is 2.83. The molecule has 0 aliphatic carbocycles. The summed E-state index contributed by atoms with van der Waals surface area (Å²) >= 11 is 0. The van der Waals surface area contributed by atoms with Crippen LogP contribution >= 0.6 is 0 Å². The summed E-state index contributed by atoms with van der Waals surface area (Å²) in [7, 11) is 0. The molecule has 0 aromatic carbocycles. The zero-order valence-electron chi connectivity index (χ0n) is 14.1. The third-order valence-corrected chi connectivity index (χ3v) is 4.11. The second-order valence-electron chi connectivity index (χ2n) is 6.56. The van der Waals surface area contributed by atoms with Crippen LogP contribution in [0, 0.1) is 5.92 Å². The predicted molar refractivity (Wildman–Crippen MR) is 84.3 cm³/mol. The fraction of sp³-hybridized carbons (Fsp3) is 0.812. The number of hydrogen-bond acceptors (Lipinski definition) is 5. The highest BCUT2D eigenvalue weighted by Crippen LogP contribution is 2.24. The molecule has 0 spiro atoms. The zero-order chi connectivity index (χ0) is 16.1. The Bertz CT molecular complexity index is 486. The Kier molecular flexibility index (Phi) is 5.94. The van der Waals surface area contributed by atoms with Crippen LogP contribution in [0.3, 0.4) is 0 Å². The minimum atomic E-state index is 0.0924. The van der Waals surface area contributed by atoms with E-state index in [-0.39, 0.29) is 18.0 Å². The Balaban J connectivity index is 1.94. The van der Waals surface area contributed by atoms with Crippen molar-refractivity contribution in [1.29, 1.82) is 0 Å². The molecule has 2 atom stereocenters. The number of carbonyl (C=O) groups excluding carboxylic acids is 1. The van der Waals surface area contributed by atoms with Gasteiger partial charge in [-0.25, -0.2) is 0 Å². The molecule has 1 amide bonds. The minimum Gasteiger partial charge on any atom is -0.424 e. The molecule has 1 saturated heterocycles. The summed E-state index contributed by atoms with van der Waals surface area (Å²) < 4.78 is 5.80. The van der Waals surface area contributed by atoms with Gasteiger partial charge in [-0.2, -0.15) is 0 Å². The van der Waals surface area contributed by atoms with Crippen LogP contribution in [0.5, 0.6) is 0 Å². The summed E-state index contributed by atoms with van der Waals surface area (Å²) in [6.07, 6.45) is 3.46. The molecule has 6 nitrogen and oxygen atoms in total. The number of piperidine rings is 1. The Hall–Kier alpha value is -1.43. The average molecular weight is 308 g/mol. The molecule has 1 aromatic rings. The first-order valence-electron chi connectivity index (χ1n) is 8.35. The van der Waals surface area contributed by atoms with E-state index in [1.165, 1.54) is 0 Å². The van der Waals surface area contributed by atoms with Crippen molar-refractivity contribution in [1.82, 2.24) is 20.4 Å². The predicted octanol–water partition coefficient (Wildman–Crippen LogP) is 2.32. The zero-order valence-corrected chi connectivity index (χ0v) is 14.1. The Morgan fingerprint density at radius 2 is 2.18 bits per heavy atom. The van der Waals surface area contributed by atoms with Gasteiger partial charge in [0.05, 0.1) is 6.04 Å². The first-order chi connectivity index (χ1) is 10.5. The van der Waals surface area contributed by atoms with Crippen LogP contribution < -0.4 is 5.32 Å². The normalized spacial score (nSPS) is 21.0. The smallest absolute Gasteiger partial charge is 0.233 e. The van der Waals surface area contributed by atoms with Crippen LogP contribution in [0.15, 0.2) is 4.42 Å². The number of hydrogen-bond donors (Lipinski definition) is 1. The van der Waals surface area contributed by atoms with Crippen molar-refractivity contribution in [3.8, 4) is 0 Å². The number of carbonyl (C=O) groups is 1. The molecule has 2 heterocycles. The van der Waals surface area contributed by atoms with E-state index in [2.05, 4.69) is 41.2 Å². The van der Waals surface area contributed by atoms with Gasteiger partial charge in [-0.3, -0.25) is 9.69 Å². The monoisotopic (exact) mass is 308 g/mol. The van der Waals surface area contributed by atoms with Crippen molar-refractivity contribution in [2.24, 2.45) is 5.92 Å². The van der Waals surface area contributed by atoms with Crippen molar-refractivity contribution >= 4 is 5.91 Å². The number of amides is 1. The molecule has 1 aliphatic heterocycles. The van der Waals surface area contributed by atoms with Gasteiger partial charge in [0.25, 0.3) is 0 Å². The highest BCUT2D eigenvalue weighted by molar-refractivity contribution is 5.75. The molecule has 2 unspecified atom stereocenters. The molecule has 124 valence electrons. The van der Waals surface area contributed by atoms with Crippen LogP contribution in [-0.2, 0) is 11.2 Å². The first kappa shape index (κ1) is 16.9. The lowest BCUT2D eigenvalue weighted by Crippen LogP contribution is -2.48. The topological polar surface area (TPSA) is 71.3 Å². The maximum Gasteiger partial charge on any atom is 0.233 e. The van der Waals surface area contributed by atoms with Gasteiger partial charge < -0.3 is 9.73 Å². The number of rotatable bonds is 6. The number of nitrogens with zero attached hydrogens (tertiary/aromatic N) is 3. The SMILES string of the molecule is CCC(=O)NC1CCCN(C(C)c2nnc(CC(C)C)o2)C1. The van der Waals surface area contributed by atoms with Gasteiger partial charge in [0.1, 0.15) is 0 Å². The van der Waals surface area contributed by atoms with E-state index >= 15 is 0 Å². The average Bonchev–Trinajstić information content (AvgIpc) is 2.94. The van der Waals surface area contributed by atoms with Crippen LogP contribution in [0.1, 0.15) is 64.8 Å².